The largest absolute Gasteiger partial charge is 0.420 e. The van der Waals surface area contributed by atoms with Gasteiger partial charge in [-0.05, 0) is 30.8 Å². The van der Waals surface area contributed by atoms with Crippen molar-refractivity contribution in [2.45, 2.75) is 6.54 Å². The fourth-order valence-electron chi connectivity index (χ4n) is 3.62. The van der Waals surface area contributed by atoms with E-state index in [1.165, 1.54) is 0 Å². The first-order valence-corrected chi connectivity index (χ1v) is 9.96. The molecule has 1 aliphatic rings. The number of rotatable bonds is 6. The molecule has 0 saturated carbocycles. The second-order valence-electron chi connectivity index (χ2n) is 7.52. The van der Waals surface area contributed by atoms with Crippen LogP contribution in [0.25, 0.3) is 11.1 Å². The molecule has 7 nitrogen and oxygen atoms in total. The van der Waals surface area contributed by atoms with E-state index >= 15 is 0 Å². The van der Waals surface area contributed by atoms with Gasteiger partial charge in [0.2, 0.25) is 0 Å². The number of amides is 1. The predicted molar refractivity (Wildman–Crippen MR) is 112 cm³/mol. The lowest BCUT2D eigenvalue weighted by atomic mass is 10.1. The molecule has 2 aromatic carbocycles. The highest BCUT2D eigenvalue weighted by atomic mass is 16.4. The van der Waals surface area contributed by atoms with Crippen molar-refractivity contribution in [3.05, 3.63) is 70.2 Å². The van der Waals surface area contributed by atoms with Gasteiger partial charge in [-0.25, -0.2) is 4.79 Å². The number of benzene rings is 2. The second-order valence-corrected chi connectivity index (χ2v) is 7.52. The van der Waals surface area contributed by atoms with E-state index in [1.807, 2.05) is 30.3 Å². The highest BCUT2D eigenvalue weighted by Crippen LogP contribution is 2.16. The zero-order valence-electron chi connectivity index (χ0n) is 16.6. The van der Waals surface area contributed by atoms with Gasteiger partial charge in [0.15, 0.2) is 5.58 Å². The number of hydrogen-bond donors (Lipinski definition) is 1. The fraction of sp³-hybridized carbons (Fsp3) is 0.364. The summed E-state index contributed by atoms with van der Waals surface area (Å²) in [5, 5.41) is 2.99. The predicted octanol–water partition coefficient (Wildman–Crippen LogP) is 1.62. The SMILES string of the molecule is CN1CCN(CCNC(=O)c2ccc3oc(=O)n(Cc4ccccc4)c3c2)CC1. The summed E-state index contributed by atoms with van der Waals surface area (Å²) >= 11 is 0. The van der Waals surface area contributed by atoms with Gasteiger partial charge in [-0.1, -0.05) is 30.3 Å². The van der Waals surface area contributed by atoms with Crippen LogP contribution in [0.2, 0.25) is 0 Å². The Hall–Kier alpha value is -2.90. The Morgan fingerprint density at radius 2 is 1.83 bits per heavy atom. The van der Waals surface area contributed by atoms with Crippen LogP contribution < -0.4 is 11.1 Å². The van der Waals surface area contributed by atoms with Gasteiger partial charge in [-0.3, -0.25) is 14.3 Å². The standard InChI is InChI=1S/C22H26N4O3/c1-24-11-13-25(14-12-24)10-9-23-21(27)18-7-8-20-19(15-18)26(22(28)29-20)16-17-5-3-2-4-6-17/h2-8,15H,9-14,16H2,1H3,(H,23,27). The first kappa shape index (κ1) is 19.4. The Labute approximate surface area is 169 Å². The van der Waals surface area contributed by atoms with E-state index in [0.717, 1.165) is 38.3 Å². The van der Waals surface area contributed by atoms with Crippen molar-refractivity contribution < 1.29 is 9.21 Å². The molecule has 1 aliphatic heterocycles. The Balaban J connectivity index is 1.44. The maximum atomic E-state index is 12.6. The summed E-state index contributed by atoms with van der Waals surface area (Å²) < 4.78 is 6.90. The Morgan fingerprint density at radius 3 is 2.59 bits per heavy atom. The van der Waals surface area contributed by atoms with E-state index in [9.17, 15) is 9.59 Å². The number of hydrogen-bond acceptors (Lipinski definition) is 5. The first-order valence-electron chi connectivity index (χ1n) is 9.96. The Bertz CT molecular complexity index is 1030. The maximum Gasteiger partial charge on any atom is 0.420 e. The number of aromatic nitrogens is 1. The minimum atomic E-state index is -0.420. The lowest BCUT2D eigenvalue weighted by Crippen LogP contribution is -2.46. The van der Waals surface area contributed by atoms with Crippen molar-refractivity contribution in [1.82, 2.24) is 19.7 Å². The van der Waals surface area contributed by atoms with Crippen molar-refractivity contribution >= 4 is 17.0 Å². The van der Waals surface area contributed by atoms with Gasteiger partial charge in [0, 0.05) is 44.8 Å². The third-order valence-corrected chi connectivity index (χ3v) is 5.42. The number of carbonyl (C=O) groups is 1. The van der Waals surface area contributed by atoms with Crippen molar-refractivity contribution in [2.24, 2.45) is 0 Å². The third-order valence-electron chi connectivity index (χ3n) is 5.42. The number of nitrogens with zero attached hydrogens (tertiary/aromatic N) is 3. The zero-order chi connectivity index (χ0) is 20.2. The summed E-state index contributed by atoms with van der Waals surface area (Å²) in [6, 6.07) is 14.8. The smallest absolute Gasteiger partial charge is 0.408 e. The van der Waals surface area contributed by atoms with Gasteiger partial charge in [0.1, 0.15) is 0 Å². The monoisotopic (exact) mass is 394 g/mol. The molecule has 2 heterocycles. The molecule has 0 aliphatic carbocycles. The zero-order valence-corrected chi connectivity index (χ0v) is 16.6. The lowest BCUT2D eigenvalue weighted by molar-refractivity contribution is 0.0941. The van der Waals surface area contributed by atoms with Crippen LogP contribution in [0.1, 0.15) is 15.9 Å². The molecule has 29 heavy (non-hydrogen) atoms. The van der Waals surface area contributed by atoms with Crippen molar-refractivity contribution in [3.63, 3.8) is 0 Å². The summed E-state index contributed by atoms with van der Waals surface area (Å²) in [6.07, 6.45) is 0. The average molecular weight is 394 g/mol. The maximum absolute atomic E-state index is 12.6. The molecule has 7 heteroatoms. The summed E-state index contributed by atoms with van der Waals surface area (Å²) in [6.45, 7) is 6.02. The minimum absolute atomic E-state index is 0.138. The van der Waals surface area contributed by atoms with Gasteiger partial charge >= 0.3 is 5.76 Å². The molecule has 1 aromatic heterocycles. The van der Waals surface area contributed by atoms with E-state index in [-0.39, 0.29) is 5.91 Å². The molecule has 4 rings (SSSR count). The van der Waals surface area contributed by atoms with Crippen LogP contribution in [-0.4, -0.2) is 66.6 Å². The van der Waals surface area contributed by atoms with Gasteiger partial charge in [0.05, 0.1) is 12.1 Å². The summed E-state index contributed by atoms with van der Waals surface area (Å²) in [7, 11) is 2.13. The van der Waals surface area contributed by atoms with E-state index < -0.39 is 5.76 Å². The van der Waals surface area contributed by atoms with E-state index in [1.54, 1.807) is 22.8 Å². The average Bonchev–Trinajstić information content (AvgIpc) is 3.04. The number of likely N-dealkylation sites (N-methyl/N-ethyl adjacent to an activating group) is 1. The molecule has 1 N–H and O–H groups in total. The Kier molecular flexibility index (Phi) is 5.78. The van der Waals surface area contributed by atoms with Crippen LogP contribution >= 0.6 is 0 Å². The minimum Gasteiger partial charge on any atom is -0.408 e. The van der Waals surface area contributed by atoms with E-state index in [4.69, 9.17) is 4.42 Å². The van der Waals surface area contributed by atoms with Crippen molar-refractivity contribution in [1.29, 1.82) is 0 Å². The number of piperazine rings is 1. The number of oxazole rings is 1. The molecule has 1 fully saturated rings. The summed E-state index contributed by atoms with van der Waals surface area (Å²) in [4.78, 5) is 29.6. The van der Waals surface area contributed by atoms with Gasteiger partial charge in [0.25, 0.3) is 5.91 Å². The quantitative estimate of drug-likeness (QED) is 0.688. The van der Waals surface area contributed by atoms with Crippen molar-refractivity contribution in [2.75, 3.05) is 46.3 Å². The molecule has 1 saturated heterocycles. The number of carbonyl (C=O) groups excluding carboxylic acids is 1. The first-order chi connectivity index (χ1) is 14.1. The molecule has 0 bridgehead atoms. The second kappa shape index (κ2) is 8.63. The highest BCUT2D eigenvalue weighted by Gasteiger charge is 2.15. The lowest BCUT2D eigenvalue weighted by Gasteiger charge is -2.32. The molecular formula is C22H26N4O3. The van der Waals surface area contributed by atoms with Crippen LogP contribution in [0.15, 0.2) is 57.7 Å². The molecule has 0 radical (unpaired) electrons. The normalized spacial score (nSPS) is 15.6. The highest BCUT2D eigenvalue weighted by molar-refractivity contribution is 5.97. The topological polar surface area (TPSA) is 70.7 Å². The van der Waals surface area contributed by atoms with Crippen LogP contribution in [0.4, 0.5) is 0 Å². The molecule has 1 amide bonds. The third kappa shape index (κ3) is 4.58. The molecule has 152 valence electrons. The molecule has 0 atom stereocenters. The van der Waals surface area contributed by atoms with Crippen LogP contribution in [-0.2, 0) is 6.54 Å². The van der Waals surface area contributed by atoms with Gasteiger partial charge in [-0.2, -0.15) is 0 Å². The van der Waals surface area contributed by atoms with Crippen LogP contribution in [0.3, 0.4) is 0 Å². The number of nitrogens with one attached hydrogen (secondary N) is 1. The van der Waals surface area contributed by atoms with Crippen LogP contribution in [0, 0.1) is 0 Å². The molecular weight excluding hydrogens is 368 g/mol. The Morgan fingerprint density at radius 1 is 1.07 bits per heavy atom. The van der Waals surface area contributed by atoms with E-state index in [2.05, 4.69) is 22.2 Å². The molecule has 0 spiro atoms. The van der Waals surface area contributed by atoms with Gasteiger partial charge < -0.3 is 14.6 Å². The van der Waals surface area contributed by atoms with E-state index in [0.29, 0.717) is 29.8 Å². The van der Waals surface area contributed by atoms with Crippen molar-refractivity contribution in [3.8, 4) is 0 Å². The molecule has 3 aromatic rings. The summed E-state index contributed by atoms with van der Waals surface area (Å²) in [5.41, 5.74) is 2.64. The summed E-state index contributed by atoms with van der Waals surface area (Å²) in [5.74, 6) is -0.558. The fourth-order valence-corrected chi connectivity index (χ4v) is 3.62. The molecule has 0 unspecified atom stereocenters. The van der Waals surface area contributed by atoms with Crippen LogP contribution in [0.5, 0.6) is 0 Å². The number of fused-ring (bicyclic) bond motifs is 1. The van der Waals surface area contributed by atoms with Gasteiger partial charge in [-0.15, -0.1) is 0 Å².